The van der Waals surface area contributed by atoms with Gasteiger partial charge in [0.25, 0.3) is 5.91 Å². The number of pyridine rings is 1. The number of nitrogens with zero attached hydrogens (tertiary/aromatic N) is 1. The summed E-state index contributed by atoms with van der Waals surface area (Å²) < 4.78 is 12.6. The van der Waals surface area contributed by atoms with E-state index in [4.69, 9.17) is 5.73 Å². The van der Waals surface area contributed by atoms with E-state index in [9.17, 15) is 9.18 Å². The Morgan fingerprint density at radius 3 is 2.47 bits per heavy atom. The average molecular weight is 231 g/mol. The minimum absolute atomic E-state index is 0.295. The summed E-state index contributed by atoms with van der Waals surface area (Å²) in [5.41, 5.74) is 7.05. The second kappa shape index (κ2) is 4.61. The molecule has 17 heavy (non-hydrogen) atoms. The molecule has 1 aromatic carbocycles. The molecule has 1 aromatic heterocycles. The molecule has 0 aliphatic heterocycles. The van der Waals surface area contributed by atoms with Gasteiger partial charge in [-0.15, -0.1) is 0 Å². The number of aromatic nitrogens is 1. The SMILES string of the molecule is Nc1ccc(NC(=O)c2ccc(F)nc2)cc1. The number of nitrogen functional groups attached to an aromatic ring is 1. The van der Waals surface area contributed by atoms with Crippen LogP contribution in [0.3, 0.4) is 0 Å². The van der Waals surface area contributed by atoms with E-state index in [1.165, 1.54) is 12.3 Å². The van der Waals surface area contributed by atoms with Crippen LogP contribution in [-0.2, 0) is 0 Å². The van der Waals surface area contributed by atoms with Gasteiger partial charge < -0.3 is 11.1 Å². The Labute approximate surface area is 97.3 Å². The Balaban J connectivity index is 2.11. The lowest BCUT2D eigenvalue weighted by Crippen LogP contribution is -2.12. The molecule has 0 fully saturated rings. The van der Waals surface area contributed by atoms with Crippen LogP contribution in [0.2, 0.25) is 0 Å². The van der Waals surface area contributed by atoms with Gasteiger partial charge in [-0.25, -0.2) is 4.98 Å². The number of halogens is 1. The number of amides is 1. The van der Waals surface area contributed by atoms with Crippen LogP contribution in [0.1, 0.15) is 10.4 Å². The van der Waals surface area contributed by atoms with Crippen molar-refractivity contribution in [3.8, 4) is 0 Å². The van der Waals surface area contributed by atoms with Crippen LogP contribution in [0.4, 0.5) is 15.8 Å². The smallest absolute Gasteiger partial charge is 0.257 e. The fourth-order valence-corrected chi connectivity index (χ4v) is 1.28. The van der Waals surface area contributed by atoms with E-state index < -0.39 is 5.95 Å². The third-order valence-corrected chi connectivity index (χ3v) is 2.16. The third-order valence-electron chi connectivity index (χ3n) is 2.16. The van der Waals surface area contributed by atoms with Crippen LogP contribution in [-0.4, -0.2) is 10.9 Å². The zero-order valence-corrected chi connectivity index (χ0v) is 8.85. The highest BCUT2D eigenvalue weighted by atomic mass is 19.1. The van der Waals surface area contributed by atoms with E-state index in [2.05, 4.69) is 10.3 Å². The monoisotopic (exact) mass is 231 g/mol. The average Bonchev–Trinajstić information content (AvgIpc) is 2.33. The van der Waals surface area contributed by atoms with E-state index in [0.717, 1.165) is 6.07 Å². The van der Waals surface area contributed by atoms with Crippen LogP contribution in [0.25, 0.3) is 0 Å². The number of nitrogens with one attached hydrogen (secondary N) is 1. The molecule has 0 bridgehead atoms. The highest BCUT2D eigenvalue weighted by molar-refractivity contribution is 6.04. The normalized spacial score (nSPS) is 9.94. The van der Waals surface area contributed by atoms with Gasteiger partial charge in [-0.05, 0) is 36.4 Å². The zero-order valence-electron chi connectivity index (χ0n) is 8.85. The Morgan fingerprint density at radius 1 is 1.18 bits per heavy atom. The molecular formula is C12H10FN3O. The van der Waals surface area contributed by atoms with Crippen molar-refractivity contribution in [3.05, 3.63) is 54.1 Å². The van der Waals surface area contributed by atoms with E-state index in [1.807, 2.05) is 0 Å². The van der Waals surface area contributed by atoms with Gasteiger partial charge in [0, 0.05) is 17.6 Å². The summed E-state index contributed by atoms with van der Waals surface area (Å²) in [6, 6.07) is 9.23. The van der Waals surface area contributed by atoms with Crippen molar-refractivity contribution < 1.29 is 9.18 Å². The number of anilines is 2. The van der Waals surface area contributed by atoms with Crippen molar-refractivity contribution >= 4 is 17.3 Å². The van der Waals surface area contributed by atoms with Crippen LogP contribution in [0, 0.1) is 5.95 Å². The predicted molar refractivity (Wildman–Crippen MR) is 63.0 cm³/mol. The summed E-state index contributed by atoms with van der Waals surface area (Å²) in [6.45, 7) is 0. The topological polar surface area (TPSA) is 68.0 Å². The number of hydrogen-bond donors (Lipinski definition) is 2. The zero-order chi connectivity index (χ0) is 12.3. The number of rotatable bonds is 2. The largest absolute Gasteiger partial charge is 0.399 e. The highest BCUT2D eigenvalue weighted by Gasteiger charge is 2.06. The highest BCUT2D eigenvalue weighted by Crippen LogP contribution is 2.12. The molecule has 4 nitrogen and oxygen atoms in total. The number of carbonyl (C=O) groups is 1. The van der Waals surface area contributed by atoms with E-state index >= 15 is 0 Å². The van der Waals surface area contributed by atoms with Crippen molar-refractivity contribution in [2.75, 3.05) is 11.1 Å². The van der Waals surface area contributed by atoms with Crippen LogP contribution in [0.15, 0.2) is 42.6 Å². The molecule has 86 valence electrons. The van der Waals surface area contributed by atoms with Gasteiger partial charge in [-0.3, -0.25) is 4.79 Å². The fourth-order valence-electron chi connectivity index (χ4n) is 1.28. The molecule has 1 amide bonds. The van der Waals surface area contributed by atoms with Crippen molar-refractivity contribution in [3.63, 3.8) is 0 Å². The standard InChI is InChI=1S/C12H10FN3O/c13-11-6-1-8(7-15-11)12(17)16-10-4-2-9(14)3-5-10/h1-7H,14H2,(H,16,17). The fraction of sp³-hybridized carbons (Fsp3) is 0. The molecule has 0 saturated heterocycles. The summed E-state index contributed by atoms with van der Waals surface area (Å²) in [5, 5.41) is 2.65. The van der Waals surface area contributed by atoms with Gasteiger partial charge in [0.05, 0.1) is 5.56 Å². The lowest BCUT2D eigenvalue weighted by molar-refractivity contribution is 0.102. The number of carbonyl (C=O) groups excluding carboxylic acids is 1. The quantitative estimate of drug-likeness (QED) is 0.614. The second-order valence-corrected chi connectivity index (χ2v) is 3.45. The number of benzene rings is 1. The number of nitrogens with two attached hydrogens (primary N) is 1. The van der Waals surface area contributed by atoms with Gasteiger partial charge in [-0.2, -0.15) is 4.39 Å². The lowest BCUT2D eigenvalue weighted by atomic mass is 10.2. The first-order valence-electron chi connectivity index (χ1n) is 4.93. The van der Waals surface area contributed by atoms with Gasteiger partial charge >= 0.3 is 0 Å². The molecule has 0 atom stereocenters. The second-order valence-electron chi connectivity index (χ2n) is 3.45. The molecular weight excluding hydrogens is 221 g/mol. The molecule has 0 saturated carbocycles. The molecule has 2 rings (SSSR count). The van der Waals surface area contributed by atoms with E-state index in [0.29, 0.717) is 16.9 Å². The van der Waals surface area contributed by atoms with Gasteiger partial charge in [0.2, 0.25) is 5.95 Å². The Hall–Kier alpha value is -2.43. The molecule has 3 N–H and O–H groups in total. The maximum atomic E-state index is 12.6. The van der Waals surface area contributed by atoms with Crippen molar-refractivity contribution in [1.82, 2.24) is 4.98 Å². The van der Waals surface area contributed by atoms with Gasteiger partial charge in [0.15, 0.2) is 0 Å². The summed E-state index contributed by atoms with van der Waals surface area (Å²) in [5.74, 6) is -0.962. The minimum Gasteiger partial charge on any atom is -0.399 e. The summed E-state index contributed by atoms with van der Waals surface area (Å²) in [4.78, 5) is 15.1. The Bertz CT molecular complexity index is 522. The van der Waals surface area contributed by atoms with Crippen LogP contribution < -0.4 is 11.1 Å². The first-order valence-corrected chi connectivity index (χ1v) is 4.93. The van der Waals surface area contributed by atoms with E-state index in [-0.39, 0.29) is 5.91 Å². The van der Waals surface area contributed by atoms with Gasteiger partial charge in [-0.1, -0.05) is 0 Å². The molecule has 0 aliphatic rings. The summed E-state index contributed by atoms with van der Waals surface area (Å²) >= 11 is 0. The Kier molecular flexibility index (Phi) is 3.00. The molecule has 0 radical (unpaired) electrons. The van der Waals surface area contributed by atoms with Crippen LogP contribution in [0.5, 0.6) is 0 Å². The maximum absolute atomic E-state index is 12.6. The maximum Gasteiger partial charge on any atom is 0.257 e. The van der Waals surface area contributed by atoms with Crippen molar-refractivity contribution in [2.45, 2.75) is 0 Å². The molecule has 5 heteroatoms. The lowest BCUT2D eigenvalue weighted by Gasteiger charge is -2.04. The first kappa shape index (κ1) is 11.1. The molecule has 0 unspecified atom stereocenters. The minimum atomic E-state index is -0.617. The van der Waals surface area contributed by atoms with Crippen LogP contribution >= 0.6 is 0 Å². The number of hydrogen-bond acceptors (Lipinski definition) is 3. The predicted octanol–water partition coefficient (Wildman–Crippen LogP) is 2.06. The Morgan fingerprint density at radius 2 is 1.88 bits per heavy atom. The van der Waals surface area contributed by atoms with Crippen molar-refractivity contribution in [1.29, 1.82) is 0 Å². The molecule has 2 aromatic rings. The third kappa shape index (κ3) is 2.78. The van der Waals surface area contributed by atoms with Gasteiger partial charge in [0.1, 0.15) is 0 Å². The van der Waals surface area contributed by atoms with Crippen molar-refractivity contribution in [2.24, 2.45) is 0 Å². The molecule has 0 spiro atoms. The molecule has 1 heterocycles. The summed E-state index contributed by atoms with van der Waals surface area (Å²) in [7, 11) is 0. The first-order chi connectivity index (χ1) is 8.15. The molecule has 0 aliphatic carbocycles. The summed E-state index contributed by atoms with van der Waals surface area (Å²) in [6.07, 6.45) is 1.18. The van der Waals surface area contributed by atoms with E-state index in [1.54, 1.807) is 24.3 Å².